The molecule has 0 fully saturated rings. The Morgan fingerprint density at radius 3 is 1.75 bits per heavy atom. The Morgan fingerprint density at radius 2 is 1.21 bits per heavy atom. The third-order valence-electron chi connectivity index (χ3n) is 4.52. The van der Waals surface area contributed by atoms with Crippen LogP contribution in [0.4, 0.5) is 0 Å². The Kier molecular flexibility index (Phi) is 17.8. The average Bonchev–Trinajstić information content (AvgIpc) is 2.57. The maximum atomic E-state index is 11.5. The Hall–Kier alpha value is -0.850. The summed E-state index contributed by atoms with van der Waals surface area (Å²) in [5.41, 5.74) is 0. The fourth-order valence-electron chi connectivity index (χ4n) is 2.75. The summed E-state index contributed by atoms with van der Waals surface area (Å²) in [6.45, 7) is 6.25. The normalized spacial score (nSPS) is 12.0. The van der Waals surface area contributed by atoms with Crippen LogP contribution < -0.4 is 0 Å². The fourth-order valence-corrected chi connectivity index (χ4v) is 2.75. The molecule has 0 aromatic carbocycles. The third kappa shape index (κ3) is 17.5. The van der Waals surface area contributed by atoms with E-state index < -0.39 is 0 Å². The van der Waals surface area contributed by atoms with Crippen LogP contribution in [0, 0.1) is 5.92 Å². The quantitative estimate of drug-likeness (QED) is 0.196. The van der Waals surface area contributed by atoms with Crippen molar-refractivity contribution < 1.29 is 4.79 Å². The molecule has 24 heavy (non-hydrogen) atoms. The standard InChI is InChI=1S/C23H42O/c1-4-5-6-7-8-9-10-11-12-13-14-15-16-17-18-19-20-21-23(24)22(2)3/h8-9,11-12,22H,4-7,10,13-21H2,1-3H3/b9-8-,12-11-. The highest BCUT2D eigenvalue weighted by Gasteiger charge is 2.05. The summed E-state index contributed by atoms with van der Waals surface area (Å²) < 4.78 is 0. The minimum Gasteiger partial charge on any atom is -0.299 e. The highest BCUT2D eigenvalue weighted by Crippen LogP contribution is 2.11. The number of allylic oxidation sites excluding steroid dienone is 4. The minimum atomic E-state index is 0.217. The zero-order chi connectivity index (χ0) is 17.9. The Bertz CT molecular complexity index is 325. The minimum absolute atomic E-state index is 0.217. The van der Waals surface area contributed by atoms with E-state index in [1.54, 1.807) is 0 Å². The summed E-state index contributed by atoms with van der Waals surface area (Å²) in [6.07, 6.45) is 26.6. The molecule has 0 saturated heterocycles. The highest BCUT2D eigenvalue weighted by molar-refractivity contribution is 5.80. The Balaban J connectivity index is 3.22. The second-order valence-electron chi connectivity index (χ2n) is 7.31. The summed E-state index contributed by atoms with van der Waals surface area (Å²) in [6, 6.07) is 0. The molecule has 0 aliphatic rings. The maximum Gasteiger partial charge on any atom is 0.135 e. The first-order chi connectivity index (χ1) is 11.7. The van der Waals surface area contributed by atoms with E-state index in [1.807, 2.05) is 13.8 Å². The number of Topliss-reactive ketones (excluding diaryl/α,β-unsaturated/α-hetero) is 1. The topological polar surface area (TPSA) is 17.1 Å². The van der Waals surface area contributed by atoms with Crippen LogP contribution in [-0.2, 0) is 4.79 Å². The number of carbonyl (C=O) groups excluding carboxylic acids is 1. The highest BCUT2D eigenvalue weighted by atomic mass is 16.1. The maximum absolute atomic E-state index is 11.5. The first-order valence-electron chi connectivity index (χ1n) is 10.5. The smallest absolute Gasteiger partial charge is 0.135 e. The lowest BCUT2D eigenvalue weighted by Crippen LogP contribution is -2.05. The second kappa shape index (κ2) is 18.5. The average molecular weight is 335 g/mol. The number of carbonyl (C=O) groups is 1. The van der Waals surface area contributed by atoms with E-state index in [4.69, 9.17) is 0 Å². The summed E-state index contributed by atoms with van der Waals surface area (Å²) in [5.74, 6) is 0.646. The predicted octanol–water partition coefficient (Wildman–Crippen LogP) is 7.81. The molecule has 0 aromatic heterocycles. The van der Waals surface area contributed by atoms with Gasteiger partial charge in [-0.2, -0.15) is 0 Å². The molecule has 0 aliphatic heterocycles. The molecule has 0 bridgehead atoms. The number of rotatable bonds is 17. The van der Waals surface area contributed by atoms with Crippen molar-refractivity contribution in [1.29, 1.82) is 0 Å². The van der Waals surface area contributed by atoms with E-state index in [2.05, 4.69) is 31.2 Å². The molecule has 0 saturated carbocycles. The summed E-state index contributed by atoms with van der Waals surface area (Å²) in [5, 5.41) is 0. The molecule has 1 heteroatoms. The lowest BCUT2D eigenvalue weighted by molar-refractivity contribution is -0.122. The molecule has 0 atom stereocenters. The van der Waals surface area contributed by atoms with Gasteiger partial charge in [0.1, 0.15) is 5.78 Å². The first-order valence-corrected chi connectivity index (χ1v) is 10.5. The SMILES string of the molecule is CCCCC/C=C\C/C=C\CCCCCCCCCC(=O)C(C)C. The molecule has 0 amide bonds. The third-order valence-corrected chi connectivity index (χ3v) is 4.52. The van der Waals surface area contributed by atoms with Crippen LogP contribution >= 0.6 is 0 Å². The van der Waals surface area contributed by atoms with Crippen LogP contribution in [0.3, 0.4) is 0 Å². The number of ketones is 1. The fraction of sp³-hybridized carbons (Fsp3) is 0.783. The van der Waals surface area contributed by atoms with Gasteiger partial charge < -0.3 is 0 Å². The molecular weight excluding hydrogens is 292 g/mol. The number of hydrogen-bond acceptors (Lipinski definition) is 1. The molecule has 0 N–H and O–H groups in total. The van der Waals surface area contributed by atoms with Gasteiger partial charge in [0.05, 0.1) is 0 Å². The molecule has 0 aromatic rings. The second-order valence-corrected chi connectivity index (χ2v) is 7.31. The van der Waals surface area contributed by atoms with Crippen LogP contribution in [0.2, 0.25) is 0 Å². The van der Waals surface area contributed by atoms with Crippen molar-refractivity contribution in [2.24, 2.45) is 5.92 Å². The van der Waals surface area contributed by atoms with E-state index in [1.165, 1.54) is 70.6 Å². The van der Waals surface area contributed by atoms with Gasteiger partial charge in [0, 0.05) is 12.3 Å². The molecule has 0 aliphatic carbocycles. The number of hydrogen-bond donors (Lipinski definition) is 0. The van der Waals surface area contributed by atoms with Crippen LogP contribution in [0.25, 0.3) is 0 Å². The zero-order valence-electron chi connectivity index (χ0n) is 16.7. The number of unbranched alkanes of at least 4 members (excludes halogenated alkanes) is 10. The van der Waals surface area contributed by atoms with E-state index in [0.29, 0.717) is 5.78 Å². The predicted molar refractivity (Wildman–Crippen MR) is 108 cm³/mol. The van der Waals surface area contributed by atoms with Gasteiger partial charge in [-0.25, -0.2) is 0 Å². The Labute approximate surface area is 152 Å². The van der Waals surface area contributed by atoms with Gasteiger partial charge in [0.15, 0.2) is 0 Å². The van der Waals surface area contributed by atoms with Crippen molar-refractivity contribution in [2.45, 2.75) is 111 Å². The Morgan fingerprint density at radius 1 is 0.708 bits per heavy atom. The van der Waals surface area contributed by atoms with Gasteiger partial charge in [-0.05, 0) is 38.5 Å². The molecule has 0 spiro atoms. The van der Waals surface area contributed by atoms with Crippen molar-refractivity contribution in [3.8, 4) is 0 Å². The summed E-state index contributed by atoms with van der Waals surface area (Å²) in [4.78, 5) is 11.5. The van der Waals surface area contributed by atoms with E-state index >= 15 is 0 Å². The monoisotopic (exact) mass is 334 g/mol. The molecule has 0 radical (unpaired) electrons. The molecule has 140 valence electrons. The van der Waals surface area contributed by atoms with Crippen LogP contribution in [0.15, 0.2) is 24.3 Å². The van der Waals surface area contributed by atoms with Crippen molar-refractivity contribution in [3.63, 3.8) is 0 Å². The lowest BCUT2D eigenvalue weighted by Gasteiger charge is -2.04. The van der Waals surface area contributed by atoms with Crippen LogP contribution in [0.5, 0.6) is 0 Å². The van der Waals surface area contributed by atoms with Gasteiger partial charge in [-0.1, -0.05) is 90.0 Å². The molecule has 0 rings (SSSR count). The summed E-state index contributed by atoms with van der Waals surface area (Å²) >= 11 is 0. The van der Waals surface area contributed by atoms with Crippen molar-refractivity contribution >= 4 is 5.78 Å². The van der Waals surface area contributed by atoms with Crippen LogP contribution in [0.1, 0.15) is 111 Å². The van der Waals surface area contributed by atoms with Crippen molar-refractivity contribution in [3.05, 3.63) is 24.3 Å². The van der Waals surface area contributed by atoms with E-state index in [0.717, 1.165) is 19.3 Å². The van der Waals surface area contributed by atoms with Gasteiger partial charge in [-0.3, -0.25) is 4.79 Å². The first kappa shape index (κ1) is 23.1. The molecule has 1 nitrogen and oxygen atoms in total. The van der Waals surface area contributed by atoms with Crippen molar-refractivity contribution in [2.75, 3.05) is 0 Å². The lowest BCUT2D eigenvalue weighted by atomic mass is 10.0. The summed E-state index contributed by atoms with van der Waals surface area (Å²) in [7, 11) is 0. The van der Waals surface area contributed by atoms with Crippen molar-refractivity contribution in [1.82, 2.24) is 0 Å². The van der Waals surface area contributed by atoms with Gasteiger partial charge >= 0.3 is 0 Å². The molecule has 0 heterocycles. The van der Waals surface area contributed by atoms with E-state index in [-0.39, 0.29) is 5.92 Å². The van der Waals surface area contributed by atoms with E-state index in [9.17, 15) is 4.79 Å². The zero-order valence-corrected chi connectivity index (χ0v) is 16.7. The van der Waals surface area contributed by atoms with Gasteiger partial charge in [0.2, 0.25) is 0 Å². The molecule has 0 unspecified atom stereocenters. The largest absolute Gasteiger partial charge is 0.299 e. The van der Waals surface area contributed by atoms with Gasteiger partial charge in [-0.15, -0.1) is 0 Å². The molecular formula is C23H42O. The van der Waals surface area contributed by atoms with Crippen LogP contribution in [-0.4, -0.2) is 5.78 Å². The van der Waals surface area contributed by atoms with Gasteiger partial charge in [0.25, 0.3) is 0 Å².